The number of nitrogens with zero attached hydrogens (tertiary/aromatic N) is 1. The predicted octanol–water partition coefficient (Wildman–Crippen LogP) is 1.73. The molecule has 4 heteroatoms. The number of carbonyl (C=O) groups excluding carboxylic acids is 2. The quantitative estimate of drug-likeness (QED) is 0.462. The van der Waals surface area contributed by atoms with Crippen molar-refractivity contribution >= 4 is 24.4 Å². The van der Waals surface area contributed by atoms with Crippen LogP contribution in [-0.2, 0) is 9.59 Å². The first-order valence-corrected chi connectivity index (χ1v) is 6.74. The zero-order chi connectivity index (χ0) is 11.7. The maximum absolute atomic E-state index is 12.0. The van der Waals surface area contributed by atoms with Gasteiger partial charge in [0.25, 0.3) is 0 Å². The number of hydrogen-bond donors (Lipinski definition) is 1. The summed E-state index contributed by atoms with van der Waals surface area (Å²) in [6.45, 7) is 2.73. The lowest BCUT2D eigenvalue weighted by Gasteiger charge is -2.16. The van der Waals surface area contributed by atoms with Crippen LogP contribution in [0.5, 0.6) is 0 Å². The highest BCUT2D eigenvalue weighted by Crippen LogP contribution is 2.42. The number of rotatable bonds is 4. The Kier molecular flexibility index (Phi) is 3.57. The summed E-state index contributed by atoms with van der Waals surface area (Å²) in [5.74, 6) is 1.51. The number of hydrogen-bond acceptors (Lipinski definition) is 3. The first kappa shape index (κ1) is 12.0. The van der Waals surface area contributed by atoms with Crippen LogP contribution in [0.15, 0.2) is 0 Å². The average molecular weight is 241 g/mol. The van der Waals surface area contributed by atoms with Gasteiger partial charge in [0.05, 0.1) is 11.8 Å². The minimum absolute atomic E-state index is 0.00139. The van der Waals surface area contributed by atoms with Crippen molar-refractivity contribution in [2.24, 2.45) is 17.8 Å². The molecule has 0 aromatic carbocycles. The summed E-state index contributed by atoms with van der Waals surface area (Å²) in [5.41, 5.74) is 0. The second-order valence-corrected chi connectivity index (χ2v) is 5.50. The normalized spacial score (nSPS) is 33.6. The average Bonchev–Trinajstić information content (AvgIpc) is 2.72. The van der Waals surface area contributed by atoms with Crippen LogP contribution >= 0.6 is 12.6 Å². The van der Waals surface area contributed by atoms with Crippen molar-refractivity contribution < 1.29 is 9.59 Å². The molecule has 2 fully saturated rings. The number of carbonyl (C=O) groups is 2. The summed E-state index contributed by atoms with van der Waals surface area (Å²) in [7, 11) is 0. The van der Waals surface area contributed by atoms with Crippen molar-refractivity contribution in [3.05, 3.63) is 0 Å². The van der Waals surface area contributed by atoms with Crippen LogP contribution in [-0.4, -0.2) is 29.0 Å². The van der Waals surface area contributed by atoms with E-state index in [0.717, 1.165) is 31.4 Å². The molecule has 0 aromatic heterocycles. The van der Waals surface area contributed by atoms with Crippen LogP contribution in [0.4, 0.5) is 0 Å². The molecule has 16 heavy (non-hydrogen) atoms. The summed E-state index contributed by atoms with van der Waals surface area (Å²) < 4.78 is 0. The van der Waals surface area contributed by atoms with E-state index in [1.165, 1.54) is 4.90 Å². The fourth-order valence-corrected chi connectivity index (χ4v) is 3.17. The monoisotopic (exact) mass is 241 g/mol. The lowest BCUT2D eigenvalue weighted by atomic mass is 10.00. The number of fused-ring (bicyclic) bond motifs is 1. The molecule has 0 spiro atoms. The van der Waals surface area contributed by atoms with Crippen molar-refractivity contribution in [2.45, 2.75) is 32.6 Å². The van der Waals surface area contributed by atoms with E-state index < -0.39 is 0 Å². The molecule has 0 bridgehead atoms. The van der Waals surface area contributed by atoms with Crippen molar-refractivity contribution in [3.63, 3.8) is 0 Å². The molecule has 2 unspecified atom stereocenters. The highest BCUT2D eigenvalue weighted by atomic mass is 32.1. The van der Waals surface area contributed by atoms with E-state index in [2.05, 4.69) is 19.6 Å². The molecule has 0 radical (unpaired) electrons. The van der Waals surface area contributed by atoms with Crippen LogP contribution in [0.2, 0.25) is 0 Å². The van der Waals surface area contributed by atoms with Crippen LogP contribution in [0.1, 0.15) is 32.6 Å². The second kappa shape index (κ2) is 4.78. The van der Waals surface area contributed by atoms with E-state index in [1.54, 1.807) is 0 Å². The molecule has 1 saturated carbocycles. The van der Waals surface area contributed by atoms with Crippen molar-refractivity contribution in [1.82, 2.24) is 4.90 Å². The van der Waals surface area contributed by atoms with Gasteiger partial charge in [0, 0.05) is 6.54 Å². The predicted molar refractivity (Wildman–Crippen MR) is 65.2 cm³/mol. The molecule has 2 atom stereocenters. The molecule has 1 aliphatic carbocycles. The summed E-state index contributed by atoms with van der Waals surface area (Å²) in [5, 5.41) is 0. The maximum atomic E-state index is 12.0. The zero-order valence-corrected chi connectivity index (χ0v) is 10.6. The highest BCUT2D eigenvalue weighted by Gasteiger charge is 2.51. The van der Waals surface area contributed by atoms with E-state index in [9.17, 15) is 9.59 Å². The minimum Gasteiger partial charge on any atom is -0.282 e. The van der Waals surface area contributed by atoms with Crippen LogP contribution in [0.25, 0.3) is 0 Å². The van der Waals surface area contributed by atoms with E-state index in [0.29, 0.717) is 12.5 Å². The summed E-state index contributed by atoms with van der Waals surface area (Å²) >= 11 is 4.13. The molecule has 2 aliphatic rings. The fourth-order valence-electron chi connectivity index (χ4n) is 2.95. The molecule has 0 aromatic rings. The van der Waals surface area contributed by atoms with Gasteiger partial charge in [0.1, 0.15) is 0 Å². The number of amides is 2. The molecule has 0 N–H and O–H groups in total. The molecular weight excluding hydrogens is 222 g/mol. The largest absolute Gasteiger partial charge is 0.282 e. The maximum Gasteiger partial charge on any atom is 0.233 e. The Morgan fingerprint density at radius 2 is 1.75 bits per heavy atom. The number of thiol groups is 1. The first-order chi connectivity index (χ1) is 7.65. The van der Waals surface area contributed by atoms with Crippen LogP contribution < -0.4 is 0 Å². The van der Waals surface area contributed by atoms with E-state index in [-0.39, 0.29) is 23.7 Å². The van der Waals surface area contributed by atoms with Crippen LogP contribution in [0.3, 0.4) is 0 Å². The topological polar surface area (TPSA) is 37.4 Å². The summed E-state index contributed by atoms with van der Waals surface area (Å²) in [4.78, 5) is 25.5. The third-order valence-electron chi connectivity index (χ3n) is 3.75. The fraction of sp³-hybridized carbons (Fsp3) is 0.833. The van der Waals surface area contributed by atoms with Crippen molar-refractivity contribution in [3.8, 4) is 0 Å². The van der Waals surface area contributed by atoms with Crippen LogP contribution in [0, 0.1) is 17.8 Å². The Morgan fingerprint density at radius 1 is 1.19 bits per heavy atom. The number of unbranched alkanes of at least 4 members (excludes halogenated alkanes) is 1. The third-order valence-corrected chi connectivity index (χ3v) is 4.07. The lowest BCUT2D eigenvalue weighted by molar-refractivity contribution is -0.140. The molecule has 1 saturated heterocycles. The minimum atomic E-state index is -0.00139. The van der Waals surface area contributed by atoms with Gasteiger partial charge in [0.15, 0.2) is 0 Å². The molecule has 3 nitrogen and oxygen atoms in total. The number of imide groups is 1. The molecule has 2 rings (SSSR count). The smallest absolute Gasteiger partial charge is 0.233 e. The molecule has 1 heterocycles. The summed E-state index contributed by atoms with van der Waals surface area (Å²) in [6.07, 6.45) is 3.65. The molecule has 2 amide bonds. The Morgan fingerprint density at radius 3 is 2.25 bits per heavy atom. The molecular formula is C12H19NO2S. The molecule has 1 aliphatic heterocycles. The number of likely N-dealkylation sites (tertiary alicyclic amines) is 1. The van der Waals surface area contributed by atoms with E-state index in [4.69, 9.17) is 0 Å². The Bertz CT molecular complexity index is 281. The second-order valence-electron chi connectivity index (χ2n) is 5.05. The molecule has 90 valence electrons. The van der Waals surface area contributed by atoms with E-state index >= 15 is 0 Å². The van der Waals surface area contributed by atoms with Crippen molar-refractivity contribution in [1.29, 1.82) is 0 Å². The van der Waals surface area contributed by atoms with E-state index in [1.807, 2.05) is 0 Å². The summed E-state index contributed by atoms with van der Waals surface area (Å²) in [6, 6.07) is 0. The van der Waals surface area contributed by atoms with Gasteiger partial charge in [-0.1, -0.05) is 6.92 Å². The van der Waals surface area contributed by atoms with Crippen molar-refractivity contribution in [2.75, 3.05) is 12.3 Å². The SMILES string of the molecule is CC1CC2C(=O)N(CCCCS)C(=O)C2C1. The van der Waals surface area contributed by atoms with Gasteiger partial charge >= 0.3 is 0 Å². The lowest BCUT2D eigenvalue weighted by Crippen LogP contribution is -2.33. The van der Waals surface area contributed by atoms with Gasteiger partial charge in [-0.05, 0) is 37.4 Å². The van der Waals surface area contributed by atoms with Gasteiger partial charge in [-0.2, -0.15) is 12.6 Å². The van der Waals surface area contributed by atoms with Gasteiger partial charge in [-0.25, -0.2) is 0 Å². The van der Waals surface area contributed by atoms with Gasteiger partial charge in [-0.15, -0.1) is 0 Å². The van der Waals surface area contributed by atoms with Gasteiger partial charge in [-0.3, -0.25) is 14.5 Å². The Balaban J connectivity index is 1.97. The van der Waals surface area contributed by atoms with Gasteiger partial charge in [0.2, 0.25) is 11.8 Å². The highest BCUT2D eigenvalue weighted by molar-refractivity contribution is 7.80. The Hall–Kier alpha value is -0.510. The first-order valence-electron chi connectivity index (χ1n) is 6.11. The Labute approximate surface area is 102 Å². The third kappa shape index (κ3) is 1.99. The van der Waals surface area contributed by atoms with Gasteiger partial charge < -0.3 is 0 Å². The zero-order valence-electron chi connectivity index (χ0n) is 9.69. The standard InChI is InChI=1S/C12H19NO2S/c1-8-6-9-10(7-8)12(15)13(11(9)14)4-2-3-5-16/h8-10,16H,2-7H2,1H3.